The number of benzene rings is 1. The van der Waals surface area contributed by atoms with Crippen LogP contribution < -0.4 is 21.0 Å². The highest BCUT2D eigenvalue weighted by Gasteiger charge is 2.19. The summed E-state index contributed by atoms with van der Waals surface area (Å²) in [5, 5.41) is 13.9. The maximum Gasteiger partial charge on any atom is 0.339 e. The van der Waals surface area contributed by atoms with Crippen molar-refractivity contribution in [2.45, 2.75) is 65.9 Å². The first kappa shape index (κ1) is 25.9. The number of hydrogen-bond donors (Lipinski definition) is 3. The van der Waals surface area contributed by atoms with Gasteiger partial charge in [-0.2, -0.15) is 0 Å². The third-order valence-electron chi connectivity index (χ3n) is 5.47. The normalized spacial score (nSPS) is 11.8. The Hall–Kier alpha value is -3.36. The Balaban J connectivity index is 2.11. The minimum absolute atomic E-state index is 0.352. The molecular weight excluding hydrogens is 428 g/mol. The smallest absolute Gasteiger partial charge is 0.339 e. The lowest BCUT2D eigenvalue weighted by atomic mass is 9.99. The predicted octanol–water partition coefficient (Wildman–Crippen LogP) is 2.62. The van der Waals surface area contributed by atoms with Crippen LogP contribution in [0.3, 0.4) is 0 Å². The van der Waals surface area contributed by atoms with E-state index >= 15 is 0 Å². The third kappa shape index (κ3) is 7.06. The first-order valence-electron chi connectivity index (χ1n) is 11.1. The van der Waals surface area contributed by atoms with Crippen LogP contribution in [0.5, 0.6) is 5.75 Å². The molecular formula is C24H32N2O7. The van der Waals surface area contributed by atoms with E-state index in [9.17, 15) is 19.2 Å². The third-order valence-corrected chi connectivity index (χ3v) is 5.47. The Labute approximate surface area is 192 Å². The number of aryl methyl sites for hydroxylation is 2. The molecule has 3 N–H and O–H groups in total. The van der Waals surface area contributed by atoms with E-state index in [1.54, 1.807) is 13.0 Å². The van der Waals surface area contributed by atoms with E-state index in [-0.39, 0.29) is 12.2 Å². The molecule has 1 heterocycles. The number of carbonyl (C=O) groups is 3. The van der Waals surface area contributed by atoms with Crippen LogP contribution in [0.4, 0.5) is 0 Å². The van der Waals surface area contributed by atoms with Crippen molar-refractivity contribution < 1.29 is 28.6 Å². The van der Waals surface area contributed by atoms with Crippen LogP contribution in [0.1, 0.15) is 56.2 Å². The van der Waals surface area contributed by atoms with E-state index in [0.717, 1.165) is 36.6 Å². The predicted molar refractivity (Wildman–Crippen MR) is 124 cm³/mol. The highest BCUT2D eigenvalue weighted by atomic mass is 16.5. The summed E-state index contributed by atoms with van der Waals surface area (Å²) in [5.41, 5.74) is 2.26. The molecule has 0 bridgehead atoms. The minimum Gasteiger partial charge on any atom is -0.480 e. The molecule has 2 amide bonds. The summed E-state index contributed by atoms with van der Waals surface area (Å²) in [6.45, 7) is 6.44. The number of ether oxygens (including phenoxy) is 1. The molecule has 9 heteroatoms. The summed E-state index contributed by atoms with van der Waals surface area (Å²) >= 11 is 0. The number of rotatable bonds is 12. The van der Waals surface area contributed by atoms with Gasteiger partial charge in [-0.25, -0.2) is 4.79 Å². The molecule has 1 aromatic heterocycles. The lowest BCUT2D eigenvalue weighted by molar-refractivity contribution is -0.137. The Morgan fingerprint density at radius 2 is 1.79 bits per heavy atom. The van der Waals surface area contributed by atoms with Gasteiger partial charge in [0, 0.05) is 16.5 Å². The standard InChI is InChI=1S/C24H32N2O7/c1-5-6-7-8-9-18-14(2)17-10-11-19(15(3)22(17)33-24(18)31)32-16(4)23(30)26-12-20(27)25-13-21(28)29/h10-11,16H,5-9,12-13H2,1-4H3,(H,25,27)(H,26,30)(H,28,29). The number of carboxylic acid groups (broad SMARTS) is 1. The van der Waals surface area contributed by atoms with Crippen molar-refractivity contribution >= 4 is 28.8 Å². The maximum atomic E-state index is 12.6. The van der Waals surface area contributed by atoms with Crippen molar-refractivity contribution in [1.29, 1.82) is 0 Å². The summed E-state index contributed by atoms with van der Waals surface area (Å²) in [6, 6.07) is 3.55. The van der Waals surface area contributed by atoms with Crippen molar-refractivity contribution in [3.8, 4) is 5.75 Å². The summed E-state index contributed by atoms with van der Waals surface area (Å²) in [4.78, 5) is 46.9. The number of hydrogen-bond acceptors (Lipinski definition) is 6. The number of carbonyl (C=O) groups excluding carboxylic acids is 2. The Morgan fingerprint density at radius 3 is 2.45 bits per heavy atom. The summed E-state index contributed by atoms with van der Waals surface area (Å²) in [5.74, 6) is -1.95. The molecule has 1 atom stereocenters. The zero-order valence-electron chi connectivity index (χ0n) is 19.6. The molecule has 9 nitrogen and oxygen atoms in total. The van der Waals surface area contributed by atoms with Gasteiger partial charge in [0.1, 0.15) is 17.9 Å². The van der Waals surface area contributed by atoms with E-state index in [2.05, 4.69) is 17.6 Å². The number of fused-ring (bicyclic) bond motifs is 1. The number of amides is 2. The van der Waals surface area contributed by atoms with Crippen LogP contribution in [-0.2, 0) is 20.8 Å². The zero-order chi connectivity index (χ0) is 24.5. The maximum absolute atomic E-state index is 12.6. The molecule has 1 aromatic carbocycles. The van der Waals surface area contributed by atoms with Gasteiger partial charge in [0.25, 0.3) is 5.91 Å². The highest BCUT2D eigenvalue weighted by molar-refractivity contribution is 5.89. The molecule has 0 saturated carbocycles. The Morgan fingerprint density at radius 1 is 1.06 bits per heavy atom. The van der Waals surface area contributed by atoms with Gasteiger partial charge in [0.2, 0.25) is 5.91 Å². The van der Waals surface area contributed by atoms with Crippen molar-refractivity contribution in [1.82, 2.24) is 10.6 Å². The molecule has 0 fully saturated rings. The summed E-state index contributed by atoms with van der Waals surface area (Å²) in [6.07, 6.45) is 4.02. The Bertz CT molecular complexity index is 1070. The SMILES string of the molecule is CCCCCCc1c(C)c2ccc(OC(C)C(=O)NCC(=O)NCC(=O)O)c(C)c2oc1=O. The van der Waals surface area contributed by atoms with Gasteiger partial charge in [-0.05, 0) is 51.3 Å². The number of carboxylic acids is 1. The second-order valence-corrected chi connectivity index (χ2v) is 8.02. The van der Waals surface area contributed by atoms with Crippen LogP contribution >= 0.6 is 0 Å². The Kier molecular flexibility index (Phi) is 9.44. The van der Waals surface area contributed by atoms with Crippen molar-refractivity contribution in [3.63, 3.8) is 0 Å². The van der Waals surface area contributed by atoms with Crippen LogP contribution in [0.25, 0.3) is 11.0 Å². The van der Waals surface area contributed by atoms with Crippen LogP contribution in [0, 0.1) is 13.8 Å². The summed E-state index contributed by atoms with van der Waals surface area (Å²) in [7, 11) is 0. The quantitative estimate of drug-likeness (QED) is 0.327. The molecule has 0 aliphatic heterocycles. The van der Waals surface area contributed by atoms with E-state index < -0.39 is 30.4 Å². The molecule has 33 heavy (non-hydrogen) atoms. The molecule has 2 rings (SSSR count). The van der Waals surface area contributed by atoms with Gasteiger partial charge in [0.15, 0.2) is 6.10 Å². The van der Waals surface area contributed by atoms with E-state index in [4.69, 9.17) is 14.3 Å². The van der Waals surface area contributed by atoms with Crippen molar-refractivity contribution in [2.75, 3.05) is 13.1 Å². The lowest BCUT2D eigenvalue weighted by Gasteiger charge is -2.17. The van der Waals surface area contributed by atoms with E-state index in [0.29, 0.717) is 28.9 Å². The minimum atomic E-state index is -1.18. The first-order valence-corrected chi connectivity index (χ1v) is 11.1. The van der Waals surface area contributed by atoms with Gasteiger partial charge in [-0.3, -0.25) is 14.4 Å². The second kappa shape index (κ2) is 12.0. The average molecular weight is 461 g/mol. The molecule has 180 valence electrons. The molecule has 0 spiro atoms. The molecule has 0 saturated heterocycles. The first-order chi connectivity index (χ1) is 15.6. The molecule has 1 unspecified atom stereocenters. The molecule has 2 aromatic rings. The van der Waals surface area contributed by atoms with Gasteiger partial charge in [-0.15, -0.1) is 0 Å². The number of unbranched alkanes of at least 4 members (excludes halogenated alkanes) is 3. The highest BCUT2D eigenvalue weighted by Crippen LogP contribution is 2.30. The van der Waals surface area contributed by atoms with Gasteiger partial charge in [0.05, 0.1) is 6.54 Å². The number of nitrogens with one attached hydrogen (secondary N) is 2. The monoisotopic (exact) mass is 460 g/mol. The summed E-state index contributed by atoms with van der Waals surface area (Å²) < 4.78 is 11.4. The average Bonchev–Trinajstić information content (AvgIpc) is 2.77. The van der Waals surface area contributed by atoms with Gasteiger partial charge < -0.3 is 24.9 Å². The number of aliphatic carboxylic acids is 1. The second-order valence-electron chi connectivity index (χ2n) is 8.02. The largest absolute Gasteiger partial charge is 0.480 e. The van der Waals surface area contributed by atoms with Crippen LogP contribution in [0.15, 0.2) is 21.3 Å². The molecule has 0 aliphatic rings. The van der Waals surface area contributed by atoms with Crippen LogP contribution in [0.2, 0.25) is 0 Å². The van der Waals surface area contributed by atoms with Crippen molar-refractivity contribution in [2.24, 2.45) is 0 Å². The lowest BCUT2D eigenvalue weighted by Crippen LogP contribution is -2.43. The van der Waals surface area contributed by atoms with E-state index in [1.807, 2.05) is 13.0 Å². The van der Waals surface area contributed by atoms with Crippen molar-refractivity contribution in [3.05, 3.63) is 39.2 Å². The van der Waals surface area contributed by atoms with Gasteiger partial charge >= 0.3 is 11.6 Å². The fourth-order valence-corrected chi connectivity index (χ4v) is 3.51. The topological polar surface area (TPSA) is 135 Å². The van der Waals surface area contributed by atoms with Crippen LogP contribution in [-0.4, -0.2) is 42.1 Å². The fourth-order valence-electron chi connectivity index (χ4n) is 3.51. The molecule has 0 aliphatic carbocycles. The van der Waals surface area contributed by atoms with Gasteiger partial charge in [-0.1, -0.05) is 26.2 Å². The fraction of sp³-hybridized carbons (Fsp3) is 0.500. The zero-order valence-corrected chi connectivity index (χ0v) is 19.6. The molecule has 0 radical (unpaired) electrons. The van der Waals surface area contributed by atoms with E-state index in [1.165, 1.54) is 6.92 Å².